The molecule has 1 spiro atoms. The second kappa shape index (κ2) is 8.04. The smallest absolute Gasteiger partial charge is 0.147 e. The summed E-state index contributed by atoms with van der Waals surface area (Å²) in [5.41, 5.74) is 6.26. The van der Waals surface area contributed by atoms with E-state index >= 15 is 0 Å². The highest BCUT2D eigenvalue weighted by atomic mass is 35.5. The number of aromatic nitrogens is 4. The van der Waals surface area contributed by atoms with Crippen LogP contribution in [0.15, 0.2) is 53.5 Å². The fourth-order valence-electron chi connectivity index (χ4n) is 5.62. The van der Waals surface area contributed by atoms with Crippen LogP contribution in [-0.2, 0) is 0 Å². The van der Waals surface area contributed by atoms with Crippen molar-refractivity contribution >= 4 is 45.4 Å². The van der Waals surface area contributed by atoms with E-state index in [1.54, 1.807) is 18.6 Å². The molecule has 2 aliphatic carbocycles. The van der Waals surface area contributed by atoms with Crippen molar-refractivity contribution < 1.29 is 4.52 Å². The Morgan fingerprint density at radius 2 is 1.77 bits per heavy atom. The van der Waals surface area contributed by atoms with Crippen LogP contribution in [0, 0.1) is 5.41 Å². The van der Waals surface area contributed by atoms with Gasteiger partial charge in [0.25, 0.3) is 0 Å². The molecule has 176 valence electrons. The maximum Gasteiger partial charge on any atom is 0.147 e. The largest absolute Gasteiger partial charge is 0.371 e. The lowest BCUT2D eigenvalue weighted by molar-refractivity contribution is 0.277. The zero-order valence-corrected chi connectivity index (χ0v) is 20.6. The number of benzene rings is 1. The molecule has 0 atom stereocenters. The molecule has 1 saturated carbocycles. The number of halogens is 2. The van der Waals surface area contributed by atoms with Gasteiger partial charge >= 0.3 is 0 Å². The number of rotatable bonds is 4. The topological polar surface area (TPSA) is 67.9 Å². The summed E-state index contributed by atoms with van der Waals surface area (Å²) in [6.07, 6.45) is 13.0. The molecule has 0 radical (unpaired) electrons. The van der Waals surface area contributed by atoms with E-state index in [0.29, 0.717) is 21.5 Å². The summed E-state index contributed by atoms with van der Waals surface area (Å²) in [6.45, 7) is 2.03. The molecule has 6 nitrogen and oxygen atoms in total. The Balaban J connectivity index is 1.16. The summed E-state index contributed by atoms with van der Waals surface area (Å²) in [5, 5.41) is 14.9. The lowest BCUT2D eigenvalue weighted by Crippen LogP contribution is -2.42. The van der Waals surface area contributed by atoms with Crippen LogP contribution >= 0.6 is 23.2 Å². The van der Waals surface area contributed by atoms with E-state index in [1.807, 2.05) is 6.07 Å². The summed E-state index contributed by atoms with van der Waals surface area (Å²) in [7, 11) is 0. The molecule has 1 aliphatic heterocycles. The Morgan fingerprint density at radius 3 is 2.51 bits per heavy atom. The summed E-state index contributed by atoms with van der Waals surface area (Å²) in [4.78, 5) is 6.56. The van der Waals surface area contributed by atoms with Gasteiger partial charge in [-0.2, -0.15) is 10.2 Å². The van der Waals surface area contributed by atoms with Crippen molar-refractivity contribution in [3.63, 3.8) is 0 Å². The Bertz CT molecular complexity index is 1460. The van der Waals surface area contributed by atoms with Crippen LogP contribution in [0.3, 0.4) is 0 Å². The maximum atomic E-state index is 6.50. The molecule has 4 aromatic rings. The summed E-state index contributed by atoms with van der Waals surface area (Å²) in [5.74, 6) is 1.43. The predicted molar refractivity (Wildman–Crippen MR) is 138 cm³/mol. The lowest BCUT2D eigenvalue weighted by atomic mass is 9.63. The van der Waals surface area contributed by atoms with Crippen LogP contribution in [-0.4, -0.2) is 33.4 Å². The van der Waals surface area contributed by atoms with E-state index in [2.05, 4.69) is 49.5 Å². The minimum Gasteiger partial charge on any atom is -0.371 e. The molecule has 0 unspecified atom stereocenters. The molecular weight excluding hydrogens is 481 g/mol. The highest BCUT2D eigenvalue weighted by Gasteiger charge is 2.44. The third kappa shape index (κ3) is 3.62. The number of piperidine rings is 1. The van der Waals surface area contributed by atoms with Crippen molar-refractivity contribution in [2.75, 3.05) is 18.0 Å². The first-order chi connectivity index (χ1) is 17.1. The van der Waals surface area contributed by atoms with Gasteiger partial charge in [-0.05, 0) is 61.3 Å². The van der Waals surface area contributed by atoms with E-state index in [9.17, 15) is 0 Å². The van der Waals surface area contributed by atoms with Gasteiger partial charge in [-0.15, -0.1) is 0 Å². The Morgan fingerprint density at radius 1 is 1.00 bits per heavy atom. The van der Waals surface area contributed by atoms with Crippen LogP contribution in [0.25, 0.3) is 27.7 Å². The van der Waals surface area contributed by atoms with Gasteiger partial charge < -0.3 is 9.42 Å². The van der Waals surface area contributed by atoms with Crippen LogP contribution < -0.4 is 4.90 Å². The molecule has 3 aliphatic rings. The van der Waals surface area contributed by atoms with Crippen LogP contribution in [0.1, 0.15) is 49.3 Å². The molecule has 1 aromatic carbocycles. The normalized spacial score (nSPS) is 19.1. The zero-order chi connectivity index (χ0) is 23.6. The van der Waals surface area contributed by atoms with E-state index in [4.69, 9.17) is 27.7 Å². The van der Waals surface area contributed by atoms with Gasteiger partial charge in [-0.3, -0.25) is 4.98 Å². The highest BCUT2D eigenvalue weighted by molar-refractivity contribution is 6.39. The van der Waals surface area contributed by atoms with Crippen molar-refractivity contribution in [2.24, 2.45) is 5.41 Å². The van der Waals surface area contributed by atoms with Crippen molar-refractivity contribution in [3.05, 3.63) is 70.3 Å². The first kappa shape index (κ1) is 21.3. The number of hydrogen-bond acceptors (Lipinski definition) is 6. The second-order valence-corrected chi connectivity index (χ2v) is 10.8. The Labute approximate surface area is 212 Å². The first-order valence-electron chi connectivity index (χ1n) is 12.1. The molecule has 7 rings (SSSR count). The van der Waals surface area contributed by atoms with Gasteiger partial charge in [0, 0.05) is 53.6 Å². The zero-order valence-electron chi connectivity index (χ0n) is 19.0. The monoisotopic (exact) mass is 503 g/mol. The number of allylic oxidation sites excluding steroid dienone is 2. The predicted octanol–water partition coefficient (Wildman–Crippen LogP) is 6.94. The molecule has 8 heteroatoms. The van der Waals surface area contributed by atoms with E-state index < -0.39 is 0 Å². The van der Waals surface area contributed by atoms with Crippen LogP contribution in [0.2, 0.25) is 10.0 Å². The molecule has 0 bridgehead atoms. The van der Waals surface area contributed by atoms with Crippen molar-refractivity contribution in [2.45, 2.75) is 38.0 Å². The number of fused-ring (bicyclic) bond motifs is 1. The van der Waals surface area contributed by atoms with Crippen molar-refractivity contribution in [3.8, 4) is 11.3 Å². The minimum absolute atomic E-state index is 0.226. The third-order valence-corrected chi connectivity index (χ3v) is 8.30. The maximum absolute atomic E-state index is 6.50. The number of hydrogen-bond donors (Lipinski definition) is 0. The van der Waals surface area contributed by atoms with Gasteiger partial charge in [-0.25, -0.2) is 0 Å². The Hall–Kier alpha value is -2.96. The molecule has 1 saturated heterocycles. The summed E-state index contributed by atoms with van der Waals surface area (Å²) in [6, 6.07) is 8.47. The van der Waals surface area contributed by atoms with Crippen LogP contribution in [0.5, 0.6) is 0 Å². The lowest BCUT2D eigenvalue weighted by Gasteiger charge is -2.47. The number of pyridine rings is 1. The average Bonchev–Trinajstić information content (AvgIpc) is 3.62. The van der Waals surface area contributed by atoms with Gasteiger partial charge in [0.1, 0.15) is 11.5 Å². The number of anilines is 1. The average molecular weight is 504 g/mol. The molecular formula is C27H23Cl2N5O. The molecule has 35 heavy (non-hydrogen) atoms. The standard InChI is InChI=1S/C27H23Cl2N5O/c28-20-14-30-15-21(29)24(20)25-23(26(35-33-25)17-1-2-17)18-12-27(13-18)6-9-34(10-7-27)19-4-3-16-5-8-31-32-22(16)11-19/h3-5,8,11-12,14-15,17H,1-2,6-7,9-10,13H2. The first-order valence-corrected chi connectivity index (χ1v) is 12.8. The molecule has 2 fully saturated rings. The molecule has 4 heterocycles. The summed E-state index contributed by atoms with van der Waals surface area (Å²) < 4.78 is 5.88. The van der Waals surface area contributed by atoms with Crippen molar-refractivity contribution in [1.82, 2.24) is 20.3 Å². The Kier molecular flexibility index (Phi) is 4.90. The van der Waals surface area contributed by atoms with Crippen LogP contribution in [0.4, 0.5) is 5.69 Å². The van der Waals surface area contributed by atoms with Gasteiger partial charge in [-0.1, -0.05) is 40.5 Å². The SMILES string of the molecule is Clc1cncc(Cl)c1-c1noc(C2CC2)c1C1=CC2(CCN(c3ccc4ccnnc4c3)CC2)C1. The quantitative estimate of drug-likeness (QED) is 0.300. The minimum atomic E-state index is 0.226. The highest BCUT2D eigenvalue weighted by Crippen LogP contribution is 2.56. The molecule has 0 amide bonds. The van der Waals surface area contributed by atoms with E-state index in [-0.39, 0.29) is 5.41 Å². The van der Waals surface area contributed by atoms with Gasteiger partial charge in [0.2, 0.25) is 0 Å². The van der Waals surface area contributed by atoms with E-state index in [0.717, 1.165) is 73.1 Å². The van der Waals surface area contributed by atoms with E-state index in [1.165, 1.54) is 11.3 Å². The fourth-order valence-corrected chi connectivity index (χ4v) is 6.17. The second-order valence-electron chi connectivity index (χ2n) is 9.99. The molecule has 0 N–H and O–H groups in total. The summed E-state index contributed by atoms with van der Waals surface area (Å²) >= 11 is 13.0. The van der Waals surface area contributed by atoms with Gasteiger partial charge in [0.05, 0.1) is 21.8 Å². The van der Waals surface area contributed by atoms with Gasteiger partial charge in [0.15, 0.2) is 0 Å². The van der Waals surface area contributed by atoms with Crippen molar-refractivity contribution in [1.29, 1.82) is 0 Å². The molecule has 3 aromatic heterocycles. The number of nitrogens with zero attached hydrogens (tertiary/aromatic N) is 5. The third-order valence-electron chi connectivity index (χ3n) is 7.73. The fraction of sp³-hybridized carbons (Fsp3) is 0.333.